The smallest absolute Gasteiger partial charge is 0.0916 e. The molecule has 0 saturated carbocycles. The predicted molar refractivity (Wildman–Crippen MR) is 83.8 cm³/mol. The van der Waals surface area contributed by atoms with Crippen LogP contribution >= 0.6 is 0 Å². The molecule has 2 aromatic rings. The topological polar surface area (TPSA) is 23.5 Å². The lowest BCUT2D eigenvalue weighted by Crippen LogP contribution is -2.28. The zero-order valence-corrected chi connectivity index (χ0v) is 12.2. The van der Waals surface area contributed by atoms with Crippen molar-refractivity contribution in [3.8, 4) is 0 Å². The summed E-state index contributed by atoms with van der Waals surface area (Å²) in [5, 5.41) is 10.2. The second-order valence-electron chi connectivity index (χ2n) is 5.46. The highest BCUT2D eigenvalue weighted by molar-refractivity contribution is 5.19. The molecular weight excluding hydrogens is 246 g/mol. The van der Waals surface area contributed by atoms with Crippen LogP contribution in [0.5, 0.6) is 0 Å². The summed E-state index contributed by atoms with van der Waals surface area (Å²) in [5.74, 6) is 0.462. The highest BCUT2D eigenvalue weighted by atomic mass is 16.3. The average Bonchev–Trinajstić information content (AvgIpc) is 2.49. The van der Waals surface area contributed by atoms with Crippen LogP contribution in [0.2, 0.25) is 0 Å². The van der Waals surface area contributed by atoms with Gasteiger partial charge in [-0.1, -0.05) is 67.6 Å². The molecule has 0 spiro atoms. The van der Waals surface area contributed by atoms with E-state index in [1.807, 2.05) is 36.4 Å². The third-order valence-electron chi connectivity index (χ3n) is 3.62. The first kappa shape index (κ1) is 14.8. The van der Waals surface area contributed by atoms with Crippen LogP contribution < -0.4 is 0 Å². The Bertz CT molecular complexity index is 450. The SMILES string of the molecule is C[C@H](CN(C)C[C@H](O)c1ccccc1)c1ccccc1. The summed E-state index contributed by atoms with van der Waals surface area (Å²) < 4.78 is 0. The van der Waals surface area contributed by atoms with Gasteiger partial charge in [0, 0.05) is 13.1 Å². The molecule has 0 saturated heterocycles. The Balaban J connectivity index is 1.88. The molecule has 0 bridgehead atoms. The largest absolute Gasteiger partial charge is 0.387 e. The summed E-state index contributed by atoms with van der Waals surface area (Å²) in [4.78, 5) is 2.19. The number of aliphatic hydroxyl groups is 1. The van der Waals surface area contributed by atoms with E-state index in [1.165, 1.54) is 5.56 Å². The van der Waals surface area contributed by atoms with Gasteiger partial charge in [-0.15, -0.1) is 0 Å². The van der Waals surface area contributed by atoms with Gasteiger partial charge in [-0.05, 0) is 24.1 Å². The van der Waals surface area contributed by atoms with Crippen molar-refractivity contribution < 1.29 is 5.11 Å². The zero-order valence-electron chi connectivity index (χ0n) is 12.2. The molecule has 20 heavy (non-hydrogen) atoms. The van der Waals surface area contributed by atoms with Gasteiger partial charge in [0.25, 0.3) is 0 Å². The van der Waals surface area contributed by atoms with E-state index in [9.17, 15) is 5.11 Å². The second kappa shape index (κ2) is 7.22. The van der Waals surface area contributed by atoms with Crippen molar-refractivity contribution in [2.24, 2.45) is 0 Å². The molecule has 0 amide bonds. The molecule has 0 unspecified atom stereocenters. The molecule has 0 heterocycles. The van der Waals surface area contributed by atoms with Crippen LogP contribution in [-0.4, -0.2) is 30.1 Å². The maximum absolute atomic E-state index is 10.2. The molecule has 0 radical (unpaired) electrons. The van der Waals surface area contributed by atoms with Gasteiger partial charge in [0.1, 0.15) is 0 Å². The summed E-state index contributed by atoms with van der Waals surface area (Å²) in [6.07, 6.45) is -0.427. The van der Waals surface area contributed by atoms with Crippen LogP contribution in [0.1, 0.15) is 30.1 Å². The van der Waals surface area contributed by atoms with Gasteiger partial charge in [0.05, 0.1) is 6.10 Å². The zero-order chi connectivity index (χ0) is 14.4. The van der Waals surface area contributed by atoms with Crippen molar-refractivity contribution in [1.29, 1.82) is 0 Å². The Labute approximate surface area is 121 Å². The van der Waals surface area contributed by atoms with E-state index in [0.717, 1.165) is 12.1 Å². The minimum atomic E-state index is -0.427. The van der Waals surface area contributed by atoms with Crippen molar-refractivity contribution >= 4 is 0 Å². The molecule has 106 valence electrons. The number of aliphatic hydroxyl groups excluding tert-OH is 1. The lowest BCUT2D eigenvalue weighted by atomic mass is 10.0. The van der Waals surface area contributed by atoms with Gasteiger partial charge < -0.3 is 10.0 Å². The van der Waals surface area contributed by atoms with E-state index < -0.39 is 6.10 Å². The number of rotatable bonds is 6. The van der Waals surface area contributed by atoms with Gasteiger partial charge >= 0.3 is 0 Å². The van der Waals surface area contributed by atoms with Crippen LogP contribution in [0.4, 0.5) is 0 Å². The van der Waals surface area contributed by atoms with Crippen LogP contribution in [0.25, 0.3) is 0 Å². The quantitative estimate of drug-likeness (QED) is 0.868. The van der Waals surface area contributed by atoms with Gasteiger partial charge in [0.15, 0.2) is 0 Å². The van der Waals surface area contributed by atoms with Gasteiger partial charge in [-0.25, -0.2) is 0 Å². The summed E-state index contributed by atoms with van der Waals surface area (Å²) in [7, 11) is 2.06. The van der Waals surface area contributed by atoms with E-state index >= 15 is 0 Å². The summed E-state index contributed by atoms with van der Waals surface area (Å²) in [5.41, 5.74) is 2.32. The summed E-state index contributed by atoms with van der Waals surface area (Å²) in [6.45, 7) is 3.82. The number of nitrogens with zero attached hydrogens (tertiary/aromatic N) is 1. The fourth-order valence-corrected chi connectivity index (χ4v) is 2.50. The molecule has 2 rings (SSSR count). The molecule has 0 aliphatic carbocycles. The van der Waals surface area contributed by atoms with Crippen molar-refractivity contribution in [1.82, 2.24) is 4.90 Å². The average molecular weight is 269 g/mol. The normalized spacial score (nSPS) is 14.2. The Hall–Kier alpha value is -1.64. The Morgan fingerprint density at radius 1 is 0.850 bits per heavy atom. The lowest BCUT2D eigenvalue weighted by Gasteiger charge is -2.24. The van der Waals surface area contributed by atoms with Crippen molar-refractivity contribution in [2.45, 2.75) is 18.9 Å². The molecular formula is C18H23NO. The lowest BCUT2D eigenvalue weighted by molar-refractivity contribution is 0.124. The predicted octanol–water partition coefficient (Wildman–Crippen LogP) is 3.46. The van der Waals surface area contributed by atoms with E-state index in [2.05, 4.69) is 43.1 Å². The maximum atomic E-state index is 10.2. The van der Waals surface area contributed by atoms with Gasteiger partial charge in [-0.3, -0.25) is 0 Å². The van der Waals surface area contributed by atoms with Gasteiger partial charge in [0.2, 0.25) is 0 Å². The van der Waals surface area contributed by atoms with Crippen LogP contribution in [0, 0.1) is 0 Å². The Morgan fingerprint density at radius 3 is 1.90 bits per heavy atom. The van der Waals surface area contributed by atoms with E-state index in [4.69, 9.17) is 0 Å². The second-order valence-corrected chi connectivity index (χ2v) is 5.46. The highest BCUT2D eigenvalue weighted by Gasteiger charge is 2.13. The van der Waals surface area contributed by atoms with E-state index in [0.29, 0.717) is 12.5 Å². The van der Waals surface area contributed by atoms with Gasteiger partial charge in [-0.2, -0.15) is 0 Å². The molecule has 2 nitrogen and oxygen atoms in total. The van der Waals surface area contributed by atoms with Crippen LogP contribution in [0.15, 0.2) is 60.7 Å². The molecule has 2 heteroatoms. The first-order valence-corrected chi connectivity index (χ1v) is 7.13. The number of benzene rings is 2. The summed E-state index contributed by atoms with van der Waals surface area (Å²) in [6, 6.07) is 20.3. The maximum Gasteiger partial charge on any atom is 0.0916 e. The van der Waals surface area contributed by atoms with E-state index in [-0.39, 0.29) is 0 Å². The minimum Gasteiger partial charge on any atom is -0.387 e. The molecule has 2 aromatic carbocycles. The number of hydrogen-bond donors (Lipinski definition) is 1. The molecule has 0 aliphatic heterocycles. The number of likely N-dealkylation sites (N-methyl/N-ethyl adjacent to an activating group) is 1. The third-order valence-corrected chi connectivity index (χ3v) is 3.62. The van der Waals surface area contributed by atoms with Crippen molar-refractivity contribution in [3.05, 3.63) is 71.8 Å². The molecule has 2 atom stereocenters. The fraction of sp³-hybridized carbons (Fsp3) is 0.333. The molecule has 1 N–H and O–H groups in total. The Morgan fingerprint density at radius 2 is 1.35 bits per heavy atom. The van der Waals surface area contributed by atoms with Crippen molar-refractivity contribution in [3.63, 3.8) is 0 Å². The monoisotopic (exact) mass is 269 g/mol. The van der Waals surface area contributed by atoms with E-state index in [1.54, 1.807) is 0 Å². The third kappa shape index (κ3) is 4.19. The summed E-state index contributed by atoms with van der Waals surface area (Å²) >= 11 is 0. The number of hydrogen-bond acceptors (Lipinski definition) is 2. The first-order valence-electron chi connectivity index (χ1n) is 7.13. The first-order chi connectivity index (χ1) is 9.66. The molecule has 0 fully saturated rings. The standard InChI is InChI=1S/C18H23NO/c1-15(16-9-5-3-6-10-16)13-19(2)14-18(20)17-11-7-4-8-12-17/h3-12,15,18,20H,13-14H2,1-2H3/t15-,18+/m1/s1. The van der Waals surface area contributed by atoms with Crippen LogP contribution in [-0.2, 0) is 0 Å². The Kier molecular flexibility index (Phi) is 5.33. The van der Waals surface area contributed by atoms with Crippen molar-refractivity contribution in [2.75, 3.05) is 20.1 Å². The van der Waals surface area contributed by atoms with Crippen LogP contribution in [0.3, 0.4) is 0 Å². The highest BCUT2D eigenvalue weighted by Crippen LogP contribution is 2.18. The fourth-order valence-electron chi connectivity index (χ4n) is 2.50. The molecule has 0 aliphatic rings. The minimum absolute atomic E-state index is 0.427. The molecule has 0 aromatic heterocycles.